The number of hydrogen-bond donors (Lipinski definition) is 1. The molecule has 0 spiro atoms. The van der Waals surface area contributed by atoms with Crippen molar-refractivity contribution in [3.63, 3.8) is 0 Å². The molecule has 1 heterocycles. The van der Waals surface area contributed by atoms with Gasteiger partial charge in [0, 0.05) is 37.2 Å². The zero-order valence-corrected chi connectivity index (χ0v) is 18.7. The Hall–Kier alpha value is -2.96. The summed E-state index contributed by atoms with van der Waals surface area (Å²) in [4.78, 5) is 30.2. The van der Waals surface area contributed by atoms with Gasteiger partial charge in [-0.3, -0.25) is 14.5 Å². The first-order chi connectivity index (χ1) is 15.1. The largest absolute Gasteiger partial charge is 0.336 e. The number of amides is 2. The maximum Gasteiger partial charge on any atom is 0.256 e. The summed E-state index contributed by atoms with van der Waals surface area (Å²) in [5.74, 6) is -0.303. The minimum Gasteiger partial charge on any atom is -0.336 e. The van der Waals surface area contributed by atoms with Crippen LogP contribution in [0.1, 0.15) is 26.3 Å². The third-order valence-corrected chi connectivity index (χ3v) is 6.12. The van der Waals surface area contributed by atoms with Gasteiger partial charge in [0.2, 0.25) is 0 Å². The number of nitrogens with one attached hydrogen (secondary N) is 1. The van der Waals surface area contributed by atoms with Crippen molar-refractivity contribution in [1.29, 1.82) is 0 Å². The second-order valence-electron chi connectivity index (χ2n) is 7.53. The van der Waals surface area contributed by atoms with E-state index in [2.05, 4.69) is 38.3 Å². The van der Waals surface area contributed by atoms with E-state index >= 15 is 0 Å². The van der Waals surface area contributed by atoms with E-state index in [9.17, 15) is 9.59 Å². The third kappa shape index (κ3) is 5.21. The fraction of sp³-hybridized carbons (Fsp3) is 0.200. The second kappa shape index (κ2) is 9.90. The molecule has 3 aromatic rings. The highest BCUT2D eigenvalue weighted by Gasteiger charge is 2.24. The Morgan fingerprint density at radius 2 is 1.39 bits per heavy atom. The summed E-state index contributed by atoms with van der Waals surface area (Å²) in [7, 11) is 0. The number of carbonyl (C=O) groups excluding carboxylic acids is 2. The van der Waals surface area contributed by atoms with Crippen LogP contribution >= 0.6 is 15.9 Å². The molecule has 0 atom stereocenters. The summed E-state index contributed by atoms with van der Waals surface area (Å²) in [6, 6.07) is 24.8. The van der Waals surface area contributed by atoms with E-state index in [0.29, 0.717) is 34.4 Å². The Bertz CT molecular complexity index is 1060. The van der Waals surface area contributed by atoms with Crippen molar-refractivity contribution in [2.45, 2.75) is 6.54 Å². The lowest BCUT2D eigenvalue weighted by atomic mass is 10.1. The molecule has 158 valence electrons. The smallest absolute Gasteiger partial charge is 0.256 e. The summed E-state index contributed by atoms with van der Waals surface area (Å²) >= 11 is 3.41. The number of nitrogens with zero attached hydrogens (tertiary/aromatic N) is 2. The molecule has 1 fully saturated rings. The van der Waals surface area contributed by atoms with Crippen LogP contribution in [0.15, 0.2) is 83.3 Å². The highest BCUT2D eigenvalue weighted by Crippen LogP contribution is 2.22. The molecule has 0 radical (unpaired) electrons. The minimum absolute atomic E-state index is 0.0533. The maximum absolute atomic E-state index is 13.2. The number of piperazine rings is 1. The molecular weight excluding hydrogens is 454 g/mol. The van der Waals surface area contributed by atoms with Crippen LogP contribution in [0.2, 0.25) is 0 Å². The van der Waals surface area contributed by atoms with E-state index in [-0.39, 0.29) is 11.8 Å². The average molecular weight is 478 g/mol. The lowest BCUT2D eigenvalue weighted by Gasteiger charge is -2.35. The number of benzene rings is 3. The van der Waals surface area contributed by atoms with E-state index in [4.69, 9.17) is 0 Å². The lowest BCUT2D eigenvalue weighted by Crippen LogP contribution is -2.48. The first-order valence-electron chi connectivity index (χ1n) is 10.3. The third-order valence-electron chi connectivity index (χ3n) is 5.43. The topological polar surface area (TPSA) is 52.7 Å². The number of carbonyl (C=O) groups is 2. The summed E-state index contributed by atoms with van der Waals surface area (Å²) in [6.45, 7) is 3.87. The summed E-state index contributed by atoms with van der Waals surface area (Å²) in [6.07, 6.45) is 0. The Kier molecular flexibility index (Phi) is 6.79. The van der Waals surface area contributed by atoms with E-state index in [1.807, 2.05) is 53.4 Å². The predicted molar refractivity (Wildman–Crippen MR) is 126 cm³/mol. The molecule has 0 aromatic heterocycles. The molecule has 3 aromatic carbocycles. The molecule has 4 rings (SSSR count). The second-order valence-corrected chi connectivity index (χ2v) is 8.39. The van der Waals surface area contributed by atoms with Gasteiger partial charge in [-0.1, -0.05) is 54.6 Å². The monoisotopic (exact) mass is 477 g/mol. The molecule has 1 N–H and O–H groups in total. The summed E-state index contributed by atoms with van der Waals surface area (Å²) in [5, 5.41) is 2.90. The van der Waals surface area contributed by atoms with Crippen LogP contribution in [0.4, 0.5) is 5.69 Å². The Balaban J connectivity index is 1.41. The van der Waals surface area contributed by atoms with Gasteiger partial charge in [-0.05, 0) is 45.8 Å². The van der Waals surface area contributed by atoms with Crippen molar-refractivity contribution in [1.82, 2.24) is 9.80 Å². The first kappa shape index (κ1) is 21.3. The molecule has 31 heavy (non-hydrogen) atoms. The summed E-state index contributed by atoms with van der Waals surface area (Å²) < 4.78 is 0.714. The molecule has 1 aliphatic rings. The van der Waals surface area contributed by atoms with Gasteiger partial charge in [0.25, 0.3) is 11.8 Å². The molecule has 2 amide bonds. The fourth-order valence-corrected chi connectivity index (χ4v) is 4.20. The van der Waals surface area contributed by atoms with Crippen molar-refractivity contribution < 1.29 is 9.59 Å². The number of halogens is 1. The Morgan fingerprint density at radius 1 is 0.774 bits per heavy atom. The van der Waals surface area contributed by atoms with Gasteiger partial charge in [-0.25, -0.2) is 0 Å². The molecule has 0 saturated carbocycles. The van der Waals surface area contributed by atoms with Crippen LogP contribution in [0.3, 0.4) is 0 Å². The fourth-order valence-electron chi connectivity index (χ4n) is 3.73. The molecular formula is C25H24BrN3O2. The zero-order chi connectivity index (χ0) is 21.6. The number of rotatable bonds is 5. The Labute approximate surface area is 190 Å². The molecule has 5 nitrogen and oxygen atoms in total. The van der Waals surface area contributed by atoms with Gasteiger partial charge >= 0.3 is 0 Å². The van der Waals surface area contributed by atoms with Crippen molar-refractivity contribution in [3.8, 4) is 0 Å². The molecule has 6 heteroatoms. The van der Waals surface area contributed by atoms with Gasteiger partial charge in [0.1, 0.15) is 0 Å². The Morgan fingerprint density at radius 3 is 2.10 bits per heavy atom. The van der Waals surface area contributed by atoms with Crippen LogP contribution in [-0.4, -0.2) is 47.8 Å². The van der Waals surface area contributed by atoms with Gasteiger partial charge in [-0.2, -0.15) is 0 Å². The molecule has 0 unspecified atom stereocenters. The SMILES string of the molecule is O=C(Nc1ccccc1C(=O)N1CCN(Cc2ccccc2)CC1)c1ccccc1Br. The number of hydrogen-bond acceptors (Lipinski definition) is 3. The van der Waals surface area contributed by atoms with Gasteiger partial charge in [0.15, 0.2) is 0 Å². The van der Waals surface area contributed by atoms with Crippen molar-refractivity contribution in [2.75, 3.05) is 31.5 Å². The van der Waals surface area contributed by atoms with E-state index in [1.165, 1.54) is 5.56 Å². The van der Waals surface area contributed by atoms with E-state index in [1.54, 1.807) is 18.2 Å². The van der Waals surface area contributed by atoms with Gasteiger partial charge in [-0.15, -0.1) is 0 Å². The highest BCUT2D eigenvalue weighted by molar-refractivity contribution is 9.10. The molecule has 1 saturated heterocycles. The number of para-hydroxylation sites is 1. The molecule has 0 bridgehead atoms. The predicted octanol–water partition coefficient (Wildman–Crippen LogP) is 4.66. The van der Waals surface area contributed by atoms with Crippen molar-refractivity contribution in [2.24, 2.45) is 0 Å². The van der Waals surface area contributed by atoms with Crippen LogP contribution < -0.4 is 5.32 Å². The van der Waals surface area contributed by atoms with Crippen LogP contribution in [0.25, 0.3) is 0 Å². The maximum atomic E-state index is 13.2. The molecule has 0 aliphatic carbocycles. The highest BCUT2D eigenvalue weighted by atomic mass is 79.9. The van der Waals surface area contributed by atoms with Crippen LogP contribution in [-0.2, 0) is 6.54 Å². The standard InChI is InChI=1S/C25H24BrN3O2/c26-22-12-6-4-10-20(22)24(30)27-23-13-7-5-11-21(23)25(31)29-16-14-28(15-17-29)18-19-8-2-1-3-9-19/h1-13H,14-18H2,(H,27,30). The summed E-state index contributed by atoms with van der Waals surface area (Å²) in [5.41, 5.74) is 2.85. The normalized spacial score (nSPS) is 14.3. The van der Waals surface area contributed by atoms with Crippen LogP contribution in [0, 0.1) is 0 Å². The van der Waals surface area contributed by atoms with E-state index < -0.39 is 0 Å². The van der Waals surface area contributed by atoms with Crippen LogP contribution in [0.5, 0.6) is 0 Å². The van der Waals surface area contributed by atoms with E-state index in [0.717, 1.165) is 19.6 Å². The first-order valence-corrected chi connectivity index (χ1v) is 11.1. The quantitative estimate of drug-likeness (QED) is 0.581. The van der Waals surface area contributed by atoms with Crippen molar-refractivity contribution in [3.05, 3.63) is 100 Å². The van der Waals surface area contributed by atoms with Crippen molar-refractivity contribution >= 4 is 33.4 Å². The van der Waals surface area contributed by atoms with Gasteiger partial charge < -0.3 is 10.2 Å². The number of anilines is 1. The average Bonchev–Trinajstić information content (AvgIpc) is 2.80. The minimum atomic E-state index is -0.250. The molecule has 1 aliphatic heterocycles. The van der Waals surface area contributed by atoms with Gasteiger partial charge in [0.05, 0.1) is 16.8 Å². The lowest BCUT2D eigenvalue weighted by molar-refractivity contribution is 0.0629. The zero-order valence-electron chi connectivity index (χ0n) is 17.1.